The summed E-state index contributed by atoms with van der Waals surface area (Å²) >= 11 is 0. The van der Waals surface area contributed by atoms with E-state index in [2.05, 4.69) is 5.32 Å². The quantitative estimate of drug-likeness (QED) is 0.778. The van der Waals surface area contributed by atoms with E-state index in [0.29, 0.717) is 6.07 Å². The van der Waals surface area contributed by atoms with E-state index in [4.69, 9.17) is 5.73 Å². The van der Waals surface area contributed by atoms with E-state index in [9.17, 15) is 26.3 Å². The van der Waals surface area contributed by atoms with Crippen LogP contribution in [0.3, 0.4) is 0 Å². The fourth-order valence-electron chi connectivity index (χ4n) is 1.97. The molecule has 0 aliphatic carbocycles. The van der Waals surface area contributed by atoms with E-state index in [1.165, 1.54) is 0 Å². The first kappa shape index (κ1) is 14.1. The minimum atomic E-state index is -4.88. The zero-order valence-electron chi connectivity index (χ0n) is 9.49. The molecule has 8 heteroatoms. The maximum Gasteiger partial charge on any atom is 0.416 e. The highest BCUT2D eigenvalue weighted by atomic mass is 19.4. The molecule has 0 aromatic heterocycles. The molecule has 3 N–H and O–H groups in total. The Kier molecular flexibility index (Phi) is 3.06. The van der Waals surface area contributed by atoms with Crippen LogP contribution in [0.15, 0.2) is 18.2 Å². The summed E-state index contributed by atoms with van der Waals surface area (Å²) in [5.41, 5.74) is 1.49. The van der Waals surface area contributed by atoms with Crippen LogP contribution in [0.25, 0.3) is 0 Å². The van der Waals surface area contributed by atoms with E-state index in [1.807, 2.05) is 0 Å². The molecule has 1 aromatic rings. The third-order valence-corrected chi connectivity index (χ3v) is 3.07. The van der Waals surface area contributed by atoms with Crippen LogP contribution >= 0.6 is 0 Å². The first-order valence-corrected chi connectivity index (χ1v) is 5.32. The highest BCUT2D eigenvalue weighted by Gasteiger charge is 2.44. The largest absolute Gasteiger partial charge is 0.416 e. The summed E-state index contributed by atoms with van der Waals surface area (Å²) in [7, 11) is 0. The van der Waals surface area contributed by atoms with E-state index in [1.54, 1.807) is 0 Å². The van der Waals surface area contributed by atoms with Gasteiger partial charge in [0.05, 0.1) is 16.7 Å². The van der Waals surface area contributed by atoms with Crippen LogP contribution in [-0.2, 0) is 17.9 Å². The Labute approximate surface area is 104 Å². The Bertz CT molecular complexity index is 487. The normalized spacial score (nSPS) is 19.1. The predicted molar refractivity (Wildman–Crippen MR) is 55.2 cm³/mol. The molecule has 2 nitrogen and oxygen atoms in total. The van der Waals surface area contributed by atoms with Crippen molar-refractivity contribution in [2.75, 3.05) is 13.1 Å². The molecular formula is C11H10F6N2. The second-order valence-corrected chi connectivity index (χ2v) is 4.52. The van der Waals surface area contributed by atoms with Gasteiger partial charge in [-0.05, 0) is 17.7 Å². The number of hydrogen-bond acceptors (Lipinski definition) is 2. The van der Waals surface area contributed by atoms with Crippen molar-refractivity contribution < 1.29 is 26.3 Å². The van der Waals surface area contributed by atoms with Crippen molar-refractivity contribution in [3.8, 4) is 0 Å². The maximum atomic E-state index is 12.9. The summed E-state index contributed by atoms with van der Waals surface area (Å²) in [5.74, 6) is 0. The van der Waals surface area contributed by atoms with Gasteiger partial charge in [-0.15, -0.1) is 0 Å². The molecule has 19 heavy (non-hydrogen) atoms. The van der Waals surface area contributed by atoms with Gasteiger partial charge in [0, 0.05) is 13.1 Å². The molecule has 0 amide bonds. The molecule has 0 radical (unpaired) electrons. The van der Waals surface area contributed by atoms with Crippen molar-refractivity contribution in [3.05, 3.63) is 34.9 Å². The van der Waals surface area contributed by atoms with Gasteiger partial charge in [-0.3, -0.25) is 0 Å². The molecule has 1 aromatic carbocycles. The van der Waals surface area contributed by atoms with Crippen molar-refractivity contribution in [1.29, 1.82) is 0 Å². The molecule has 1 fully saturated rings. The van der Waals surface area contributed by atoms with E-state index in [-0.39, 0.29) is 24.7 Å². The van der Waals surface area contributed by atoms with Crippen LogP contribution in [-0.4, -0.2) is 13.1 Å². The zero-order chi connectivity index (χ0) is 14.5. The average molecular weight is 284 g/mol. The Hall–Kier alpha value is -1.28. The number of benzene rings is 1. The van der Waals surface area contributed by atoms with E-state index >= 15 is 0 Å². The highest BCUT2D eigenvalue weighted by molar-refractivity contribution is 5.41. The summed E-state index contributed by atoms with van der Waals surface area (Å²) in [6.07, 6.45) is -9.70. The van der Waals surface area contributed by atoms with E-state index < -0.39 is 29.0 Å². The standard InChI is InChI=1S/C11H10F6N2/c12-10(13,14)6-1-2-7(9(18)4-19-5-9)8(3-6)11(15,16)17/h1-3,19H,4-5,18H2. The lowest BCUT2D eigenvalue weighted by atomic mass is 9.81. The summed E-state index contributed by atoms with van der Waals surface area (Å²) in [6.45, 7) is 0.197. The van der Waals surface area contributed by atoms with Gasteiger partial charge >= 0.3 is 12.4 Å². The number of nitrogens with one attached hydrogen (secondary N) is 1. The minimum absolute atomic E-state index is 0.0987. The number of halogens is 6. The first-order valence-electron chi connectivity index (χ1n) is 5.32. The maximum absolute atomic E-state index is 12.9. The molecule has 1 aliphatic heterocycles. The molecule has 0 bridgehead atoms. The van der Waals surface area contributed by atoms with Gasteiger partial charge in [-0.2, -0.15) is 26.3 Å². The number of rotatable bonds is 1. The molecule has 0 saturated carbocycles. The fourth-order valence-corrected chi connectivity index (χ4v) is 1.97. The minimum Gasteiger partial charge on any atom is -0.319 e. The summed E-state index contributed by atoms with van der Waals surface area (Å²) in [4.78, 5) is 0. The van der Waals surface area contributed by atoms with Crippen LogP contribution in [0.2, 0.25) is 0 Å². The molecule has 1 aliphatic rings. The van der Waals surface area contributed by atoms with Crippen molar-refractivity contribution in [1.82, 2.24) is 5.32 Å². The van der Waals surface area contributed by atoms with Gasteiger partial charge < -0.3 is 11.1 Å². The summed E-state index contributed by atoms with van der Waals surface area (Å²) < 4.78 is 76.0. The predicted octanol–water partition coefficient (Wildman–Crippen LogP) is 2.48. The Morgan fingerprint density at radius 3 is 1.95 bits per heavy atom. The third-order valence-electron chi connectivity index (χ3n) is 3.07. The monoisotopic (exact) mass is 284 g/mol. The molecule has 2 rings (SSSR count). The molecule has 1 heterocycles. The third kappa shape index (κ3) is 2.55. The SMILES string of the molecule is NC1(c2ccc(C(F)(F)F)cc2C(F)(F)F)CNC1. The molecule has 106 valence electrons. The lowest BCUT2D eigenvalue weighted by molar-refractivity contribution is -0.144. The Morgan fingerprint density at radius 1 is 1.00 bits per heavy atom. The molecule has 0 spiro atoms. The van der Waals surface area contributed by atoms with Gasteiger partial charge in [0.25, 0.3) is 0 Å². The van der Waals surface area contributed by atoms with Crippen LogP contribution in [0, 0.1) is 0 Å². The number of alkyl halides is 6. The second kappa shape index (κ2) is 4.11. The zero-order valence-corrected chi connectivity index (χ0v) is 9.49. The molecule has 0 atom stereocenters. The van der Waals surface area contributed by atoms with Crippen LogP contribution < -0.4 is 11.1 Å². The van der Waals surface area contributed by atoms with Crippen LogP contribution in [0.4, 0.5) is 26.3 Å². The fraction of sp³-hybridized carbons (Fsp3) is 0.455. The topological polar surface area (TPSA) is 38.0 Å². The number of hydrogen-bond donors (Lipinski definition) is 2. The molecule has 1 saturated heterocycles. The first-order chi connectivity index (χ1) is 8.54. The smallest absolute Gasteiger partial charge is 0.319 e. The second-order valence-electron chi connectivity index (χ2n) is 4.52. The van der Waals surface area contributed by atoms with Crippen molar-refractivity contribution in [3.63, 3.8) is 0 Å². The van der Waals surface area contributed by atoms with Crippen LogP contribution in [0.5, 0.6) is 0 Å². The molecular weight excluding hydrogens is 274 g/mol. The van der Waals surface area contributed by atoms with Crippen LogP contribution in [0.1, 0.15) is 16.7 Å². The highest BCUT2D eigenvalue weighted by Crippen LogP contribution is 2.40. The lowest BCUT2D eigenvalue weighted by Gasteiger charge is -2.41. The average Bonchev–Trinajstić information content (AvgIpc) is 2.22. The van der Waals surface area contributed by atoms with Crippen molar-refractivity contribution >= 4 is 0 Å². The van der Waals surface area contributed by atoms with Gasteiger partial charge in [0.1, 0.15) is 0 Å². The molecule has 0 unspecified atom stereocenters. The van der Waals surface area contributed by atoms with Gasteiger partial charge in [0.2, 0.25) is 0 Å². The summed E-state index contributed by atoms with van der Waals surface area (Å²) in [6, 6.07) is 1.55. The lowest BCUT2D eigenvalue weighted by Crippen LogP contribution is -2.63. The Balaban J connectivity index is 2.56. The van der Waals surface area contributed by atoms with Crippen molar-refractivity contribution in [2.45, 2.75) is 17.9 Å². The number of nitrogens with two attached hydrogens (primary N) is 1. The van der Waals surface area contributed by atoms with Gasteiger partial charge in [-0.1, -0.05) is 6.07 Å². The van der Waals surface area contributed by atoms with Crippen molar-refractivity contribution in [2.24, 2.45) is 5.73 Å². The Morgan fingerprint density at radius 2 is 1.58 bits per heavy atom. The van der Waals surface area contributed by atoms with E-state index in [0.717, 1.165) is 6.07 Å². The summed E-state index contributed by atoms with van der Waals surface area (Å²) in [5, 5.41) is 2.71. The van der Waals surface area contributed by atoms with Gasteiger partial charge in [-0.25, -0.2) is 0 Å². The van der Waals surface area contributed by atoms with Gasteiger partial charge in [0.15, 0.2) is 0 Å².